The molecule has 0 radical (unpaired) electrons. The van der Waals surface area contributed by atoms with Crippen molar-refractivity contribution in [2.75, 3.05) is 0 Å². The molecular formula is C11H15NO2. The monoisotopic (exact) mass is 193 g/mol. The smallest absolute Gasteiger partial charge is 0.293 e. The lowest BCUT2D eigenvalue weighted by atomic mass is 9.93. The minimum Gasteiger partial charge on any atom is -0.460 e. The first-order valence-corrected chi connectivity index (χ1v) is 5.11. The van der Waals surface area contributed by atoms with Gasteiger partial charge in [-0.1, -0.05) is 0 Å². The van der Waals surface area contributed by atoms with Crippen molar-refractivity contribution in [3.63, 3.8) is 0 Å². The molecule has 1 aliphatic carbocycles. The Morgan fingerprint density at radius 1 is 1.50 bits per heavy atom. The normalized spacial score (nSPS) is 17.2. The van der Waals surface area contributed by atoms with Crippen LogP contribution in [0.5, 0.6) is 0 Å². The maximum atomic E-state index is 10.2. The predicted octanol–water partition coefficient (Wildman–Crippen LogP) is 2.13. The largest absolute Gasteiger partial charge is 0.460 e. The molecule has 76 valence electrons. The number of fused-ring (bicyclic) bond motifs is 1. The molecule has 0 amide bonds. The minimum atomic E-state index is -0.120. The van der Waals surface area contributed by atoms with Gasteiger partial charge < -0.3 is 9.72 Å². The molecule has 14 heavy (non-hydrogen) atoms. The van der Waals surface area contributed by atoms with Crippen LogP contribution in [0.3, 0.4) is 0 Å². The number of aromatic nitrogens is 1. The number of hydrogen-bond acceptors (Lipinski definition) is 2. The number of hydrogen-bond donors (Lipinski definition) is 1. The number of carbonyl (C=O) groups is 1. The summed E-state index contributed by atoms with van der Waals surface area (Å²) in [5.41, 5.74) is 3.84. The summed E-state index contributed by atoms with van der Waals surface area (Å²) in [6, 6.07) is 0. The van der Waals surface area contributed by atoms with Crippen LogP contribution >= 0.6 is 0 Å². The summed E-state index contributed by atoms with van der Waals surface area (Å²) in [6.45, 7) is 2.43. The van der Waals surface area contributed by atoms with Crippen molar-refractivity contribution in [3.05, 3.63) is 23.0 Å². The van der Waals surface area contributed by atoms with Gasteiger partial charge in [-0.25, -0.2) is 0 Å². The van der Waals surface area contributed by atoms with Crippen molar-refractivity contribution in [2.45, 2.75) is 38.7 Å². The molecule has 1 unspecified atom stereocenters. The average Bonchev–Trinajstić information content (AvgIpc) is 2.61. The Morgan fingerprint density at radius 3 is 3.07 bits per heavy atom. The Labute approximate surface area is 83.5 Å². The highest BCUT2D eigenvalue weighted by Gasteiger charge is 2.19. The van der Waals surface area contributed by atoms with Crippen molar-refractivity contribution in [1.82, 2.24) is 4.98 Å². The second-order valence-electron chi connectivity index (χ2n) is 3.78. The van der Waals surface area contributed by atoms with Gasteiger partial charge in [0.15, 0.2) is 0 Å². The van der Waals surface area contributed by atoms with Crippen molar-refractivity contribution < 1.29 is 9.53 Å². The fraction of sp³-hybridized carbons (Fsp3) is 0.545. The highest BCUT2D eigenvalue weighted by molar-refractivity contribution is 5.40. The molecule has 0 saturated carbocycles. The summed E-state index contributed by atoms with van der Waals surface area (Å²) < 4.78 is 4.95. The molecule has 1 aromatic heterocycles. The molecule has 1 aliphatic rings. The van der Waals surface area contributed by atoms with E-state index in [0.717, 1.165) is 18.4 Å². The zero-order valence-electron chi connectivity index (χ0n) is 8.38. The zero-order valence-corrected chi connectivity index (χ0v) is 8.38. The van der Waals surface area contributed by atoms with E-state index in [-0.39, 0.29) is 6.10 Å². The number of rotatable bonds is 3. The Hall–Kier alpha value is -1.25. The SMILES string of the molecule is CC(OC=O)c1c[nH]c2c1CCCC2. The Kier molecular flexibility index (Phi) is 2.57. The van der Waals surface area contributed by atoms with Crippen molar-refractivity contribution in [1.29, 1.82) is 0 Å². The van der Waals surface area contributed by atoms with Crippen LogP contribution in [0.4, 0.5) is 0 Å². The third kappa shape index (κ3) is 1.54. The Morgan fingerprint density at radius 2 is 2.29 bits per heavy atom. The first-order chi connectivity index (χ1) is 6.83. The molecule has 0 fully saturated rings. The van der Waals surface area contributed by atoms with Crippen molar-refractivity contribution in [2.24, 2.45) is 0 Å². The van der Waals surface area contributed by atoms with Crippen LogP contribution in [0.1, 0.15) is 42.7 Å². The fourth-order valence-electron chi connectivity index (χ4n) is 2.15. The van der Waals surface area contributed by atoms with Crippen molar-refractivity contribution >= 4 is 6.47 Å². The molecule has 0 saturated heterocycles. The topological polar surface area (TPSA) is 42.1 Å². The maximum Gasteiger partial charge on any atom is 0.293 e. The van der Waals surface area contributed by atoms with Crippen LogP contribution in [-0.2, 0) is 22.4 Å². The molecule has 1 atom stereocenters. The molecule has 0 aromatic carbocycles. The van der Waals surface area contributed by atoms with Crippen LogP contribution in [0.2, 0.25) is 0 Å². The first kappa shape index (κ1) is 9.31. The summed E-state index contributed by atoms with van der Waals surface area (Å²) in [5, 5.41) is 0. The quantitative estimate of drug-likeness (QED) is 0.747. The van der Waals surface area contributed by atoms with Crippen LogP contribution in [0.25, 0.3) is 0 Å². The van der Waals surface area contributed by atoms with Gasteiger partial charge in [-0.15, -0.1) is 0 Å². The predicted molar refractivity (Wildman–Crippen MR) is 53.0 cm³/mol. The summed E-state index contributed by atoms with van der Waals surface area (Å²) in [5.74, 6) is 0. The molecular weight excluding hydrogens is 178 g/mol. The molecule has 1 heterocycles. The zero-order chi connectivity index (χ0) is 9.97. The van der Waals surface area contributed by atoms with E-state index in [4.69, 9.17) is 4.74 Å². The standard InChI is InChI=1S/C11H15NO2/c1-8(14-7-13)10-6-12-11-5-3-2-4-9(10)11/h6-8,12H,2-5H2,1H3. The summed E-state index contributed by atoms with van der Waals surface area (Å²) >= 11 is 0. The average molecular weight is 193 g/mol. The third-order valence-corrected chi connectivity index (χ3v) is 2.92. The van der Waals surface area contributed by atoms with Gasteiger partial charge in [-0.2, -0.15) is 0 Å². The minimum absolute atomic E-state index is 0.120. The second kappa shape index (κ2) is 3.86. The highest BCUT2D eigenvalue weighted by Crippen LogP contribution is 2.28. The van der Waals surface area contributed by atoms with Gasteiger partial charge in [0.25, 0.3) is 6.47 Å². The number of nitrogens with one attached hydrogen (secondary N) is 1. The molecule has 3 heteroatoms. The van der Waals surface area contributed by atoms with Crippen molar-refractivity contribution in [3.8, 4) is 0 Å². The van der Waals surface area contributed by atoms with Gasteiger partial charge in [0.2, 0.25) is 0 Å². The summed E-state index contributed by atoms with van der Waals surface area (Å²) in [7, 11) is 0. The van der Waals surface area contributed by atoms with E-state index in [2.05, 4.69) is 4.98 Å². The lowest BCUT2D eigenvalue weighted by Gasteiger charge is -2.15. The van der Waals surface area contributed by atoms with Gasteiger partial charge in [0.1, 0.15) is 6.10 Å². The number of ether oxygens (including phenoxy) is 1. The van der Waals surface area contributed by atoms with Crippen LogP contribution in [-0.4, -0.2) is 11.5 Å². The molecule has 3 nitrogen and oxygen atoms in total. The molecule has 0 aliphatic heterocycles. The molecule has 1 N–H and O–H groups in total. The number of H-pyrrole nitrogens is 1. The number of carbonyl (C=O) groups excluding carboxylic acids is 1. The van der Waals surface area contributed by atoms with Gasteiger partial charge in [-0.3, -0.25) is 4.79 Å². The molecule has 1 aromatic rings. The lowest BCUT2D eigenvalue weighted by Crippen LogP contribution is -2.05. The second-order valence-corrected chi connectivity index (χ2v) is 3.78. The van der Waals surface area contributed by atoms with E-state index in [1.165, 1.54) is 24.1 Å². The summed E-state index contributed by atoms with van der Waals surface area (Å²) in [6.07, 6.45) is 6.60. The van der Waals surface area contributed by atoms with Crippen LogP contribution in [0.15, 0.2) is 6.20 Å². The van der Waals surface area contributed by atoms with E-state index in [0.29, 0.717) is 6.47 Å². The maximum absolute atomic E-state index is 10.2. The van der Waals surface area contributed by atoms with Crippen LogP contribution < -0.4 is 0 Å². The molecule has 0 bridgehead atoms. The van der Waals surface area contributed by atoms with Gasteiger partial charge >= 0.3 is 0 Å². The van der Waals surface area contributed by atoms with E-state index >= 15 is 0 Å². The lowest BCUT2D eigenvalue weighted by molar-refractivity contribution is -0.133. The van der Waals surface area contributed by atoms with Gasteiger partial charge in [0, 0.05) is 17.5 Å². The van der Waals surface area contributed by atoms with Gasteiger partial charge in [0.05, 0.1) is 0 Å². The van der Waals surface area contributed by atoms with E-state index in [9.17, 15) is 4.79 Å². The third-order valence-electron chi connectivity index (χ3n) is 2.92. The first-order valence-electron chi connectivity index (χ1n) is 5.11. The highest BCUT2D eigenvalue weighted by atomic mass is 16.5. The van der Waals surface area contributed by atoms with E-state index < -0.39 is 0 Å². The van der Waals surface area contributed by atoms with Gasteiger partial charge in [-0.05, 0) is 38.2 Å². The molecule has 0 spiro atoms. The number of aromatic amines is 1. The fourth-order valence-corrected chi connectivity index (χ4v) is 2.15. The molecule has 2 rings (SSSR count). The Bertz CT molecular complexity index is 330. The van der Waals surface area contributed by atoms with E-state index in [1.807, 2.05) is 13.1 Å². The van der Waals surface area contributed by atoms with Crippen LogP contribution in [0, 0.1) is 0 Å². The Balaban J connectivity index is 2.25. The number of aryl methyl sites for hydroxylation is 1. The van der Waals surface area contributed by atoms with E-state index in [1.54, 1.807) is 0 Å². The summed E-state index contributed by atoms with van der Waals surface area (Å²) in [4.78, 5) is 13.5.